The van der Waals surface area contributed by atoms with E-state index in [4.69, 9.17) is 0 Å². The third kappa shape index (κ3) is 1.46. The number of fused-ring (bicyclic) bond motifs is 2. The molecule has 0 fully saturated rings. The minimum atomic E-state index is 0.0274. The first-order valence-electron chi connectivity index (χ1n) is 5.44. The van der Waals surface area contributed by atoms with Crippen LogP contribution >= 0.6 is 11.5 Å². The summed E-state index contributed by atoms with van der Waals surface area (Å²) in [6, 6.07) is 3.53. The van der Waals surface area contributed by atoms with Crippen molar-refractivity contribution in [1.29, 1.82) is 0 Å². The molecule has 0 aromatic rings. The van der Waals surface area contributed by atoms with Gasteiger partial charge in [0.05, 0.1) is 10.2 Å². The van der Waals surface area contributed by atoms with E-state index in [-0.39, 0.29) is 5.43 Å². The molecule has 1 aliphatic carbocycles. The number of aromatic nitrogens is 3. The smallest absolute Gasteiger partial charge is 0.189 e. The van der Waals surface area contributed by atoms with Crippen LogP contribution < -0.4 is 5.43 Å². The average Bonchev–Trinajstić information content (AvgIpc) is 2.76. The third-order valence-corrected chi connectivity index (χ3v) is 4.03. The summed E-state index contributed by atoms with van der Waals surface area (Å²) in [7, 11) is 2.00. The van der Waals surface area contributed by atoms with Gasteiger partial charge >= 0.3 is 0 Å². The van der Waals surface area contributed by atoms with Gasteiger partial charge in [-0.05, 0) is 12.5 Å². The first-order chi connectivity index (χ1) is 8.20. The Morgan fingerprint density at radius 3 is 2.94 bits per heavy atom. The zero-order valence-corrected chi connectivity index (χ0v) is 10.4. The highest BCUT2D eigenvalue weighted by atomic mass is 32.1. The quantitative estimate of drug-likeness (QED) is 0.654. The largest absolute Gasteiger partial charge is 0.305 e. The summed E-state index contributed by atoms with van der Waals surface area (Å²) in [5.74, 6) is 0. The van der Waals surface area contributed by atoms with Crippen LogP contribution in [0.1, 0.15) is 12.6 Å². The predicted octanol–water partition coefficient (Wildman–Crippen LogP) is 1.63. The fraction of sp³-hybridized carbons (Fsp3) is 0.250. The molecule has 17 heavy (non-hydrogen) atoms. The van der Waals surface area contributed by atoms with Gasteiger partial charge in [0.15, 0.2) is 5.43 Å². The Bertz CT molecular complexity index is 774. The van der Waals surface area contributed by atoms with E-state index in [1.165, 1.54) is 6.33 Å². The van der Waals surface area contributed by atoms with Gasteiger partial charge in [0.1, 0.15) is 12.0 Å². The predicted molar refractivity (Wildman–Crippen MR) is 66.5 cm³/mol. The van der Waals surface area contributed by atoms with Gasteiger partial charge < -0.3 is 3.96 Å². The fourth-order valence-electron chi connectivity index (χ4n) is 2.00. The van der Waals surface area contributed by atoms with Crippen LogP contribution in [0.4, 0.5) is 0 Å². The average molecular weight is 245 g/mol. The molecule has 5 heteroatoms. The molecule has 0 saturated carbocycles. The molecule has 0 saturated heterocycles. The van der Waals surface area contributed by atoms with Crippen LogP contribution in [0.5, 0.6) is 0 Å². The molecule has 0 atom stereocenters. The first-order valence-corrected chi connectivity index (χ1v) is 6.21. The van der Waals surface area contributed by atoms with Crippen LogP contribution in [0.25, 0.3) is 11.4 Å². The zero-order chi connectivity index (χ0) is 12.0. The third-order valence-electron chi connectivity index (χ3n) is 2.93. The van der Waals surface area contributed by atoms with Crippen molar-refractivity contribution in [3.8, 4) is 11.4 Å². The molecule has 0 aromatic heterocycles. The van der Waals surface area contributed by atoms with Crippen molar-refractivity contribution in [3.05, 3.63) is 44.1 Å². The second-order valence-electron chi connectivity index (χ2n) is 3.94. The topological polar surface area (TPSA) is 47.8 Å². The normalized spacial score (nSPS) is 11.4. The van der Waals surface area contributed by atoms with E-state index in [0.717, 1.165) is 27.6 Å². The van der Waals surface area contributed by atoms with E-state index in [2.05, 4.69) is 20.8 Å². The lowest BCUT2D eigenvalue weighted by Crippen LogP contribution is -2.07. The van der Waals surface area contributed by atoms with Gasteiger partial charge in [0, 0.05) is 24.0 Å². The number of imidazole rings is 1. The number of nitrogens with zero attached hydrogens (tertiary/aromatic N) is 3. The summed E-state index contributed by atoms with van der Waals surface area (Å²) < 4.78 is 3.00. The van der Waals surface area contributed by atoms with Gasteiger partial charge in [-0.3, -0.25) is 4.79 Å². The maximum Gasteiger partial charge on any atom is 0.189 e. The fourth-order valence-corrected chi connectivity index (χ4v) is 3.08. The van der Waals surface area contributed by atoms with Gasteiger partial charge in [-0.1, -0.05) is 18.5 Å². The molecule has 2 aliphatic heterocycles. The first kappa shape index (κ1) is 10.4. The second-order valence-corrected chi connectivity index (χ2v) is 5.08. The molecule has 3 rings (SSSR count). The van der Waals surface area contributed by atoms with Gasteiger partial charge in [-0.25, -0.2) is 9.97 Å². The van der Waals surface area contributed by atoms with Crippen molar-refractivity contribution >= 4 is 11.5 Å². The van der Waals surface area contributed by atoms with Crippen molar-refractivity contribution in [2.45, 2.75) is 13.3 Å². The van der Waals surface area contributed by atoms with Crippen molar-refractivity contribution < 1.29 is 0 Å². The summed E-state index contributed by atoms with van der Waals surface area (Å²) in [6.07, 6.45) is 2.41. The standard InChI is InChI=1S/C12H11N3OS/c1-3-7-4-8-10(16)5-9-11(14-6-13-9)12(8)17-15(7)2/h4-6H,3H2,1-2H3. The minimum Gasteiger partial charge on any atom is -0.305 e. The van der Waals surface area contributed by atoms with Crippen molar-refractivity contribution in [1.82, 2.24) is 13.9 Å². The van der Waals surface area contributed by atoms with Gasteiger partial charge in [-0.2, -0.15) is 0 Å². The molecule has 0 aromatic carbocycles. The molecule has 0 amide bonds. The van der Waals surface area contributed by atoms with Gasteiger partial charge in [0.2, 0.25) is 0 Å². The molecule has 2 heterocycles. The molecule has 3 aliphatic rings. The van der Waals surface area contributed by atoms with Crippen molar-refractivity contribution in [2.75, 3.05) is 0 Å². The van der Waals surface area contributed by atoms with Crippen LogP contribution in [0.3, 0.4) is 0 Å². The van der Waals surface area contributed by atoms with E-state index >= 15 is 0 Å². The Labute approximate surface area is 102 Å². The van der Waals surface area contributed by atoms with E-state index in [1.54, 1.807) is 17.6 Å². The monoisotopic (exact) mass is 245 g/mol. The highest BCUT2D eigenvalue weighted by Crippen LogP contribution is 2.20. The lowest BCUT2D eigenvalue weighted by atomic mass is 10.2. The lowest BCUT2D eigenvalue weighted by Gasteiger charge is -2.07. The Morgan fingerprint density at radius 2 is 2.18 bits per heavy atom. The lowest BCUT2D eigenvalue weighted by molar-refractivity contribution is 0.890. The van der Waals surface area contributed by atoms with Crippen LogP contribution in [-0.2, 0) is 13.5 Å². The van der Waals surface area contributed by atoms with Gasteiger partial charge in [0.25, 0.3) is 0 Å². The van der Waals surface area contributed by atoms with E-state index < -0.39 is 0 Å². The number of rotatable bonds is 1. The van der Waals surface area contributed by atoms with Crippen LogP contribution in [-0.4, -0.2) is 13.9 Å². The number of hydrogen-bond acceptors (Lipinski definition) is 4. The van der Waals surface area contributed by atoms with E-state index in [9.17, 15) is 4.79 Å². The number of hydrogen-bond donors (Lipinski definition) is 0. The molecule has 0 bridgehead atoms. The number of aryl methyl sites for hydroxylation is 2. The van der Waals surface area contributed by atoms with E-state index in [0.29, 0.717) is 5.69 Å². The summed E-state index contributed by atoms with van der Waals surface area (Å²) in [5, 5.41) is 0.748. The van der Waals surface area contributed by atoms with Gasteiger partial charge in [-0.15, -0.1) is 0 Å². The van der Waals surface area contributed by atoms with Crippen LogP contribution in [0.15, 0.2) is 23.3 Å². The molecule has 0 N–H and O–H groups in total. The Morgan fingerprint density at radius 1 is 1.35 bits per heavy atom. The molecule has 0 unspecified atom stereocenters. The van der Waals surface area contributed by atoms with Crippen LogP contribution in [0.2, 0.25) is 0 Å². The molecule has 4 nitrogen and oxygen atoms in total. The summed E-state index contributed by atoms with van der Waals surface area (Å²) >= 11 is 1.56. The van der Waals surface area contributed by atoms with Crippen molar-refractivity contribution in [3.63, 3.8) is 0 Å². The summed E-state index contributed by atoms with van der Waals surface area (Å²) in [4.78, 5) is 20.3. The van der Waals surface area contributed by atoms with E-state index in [1.807, 2.05) is 13.1 Å². The minimum absolute atomic E-state index is 0.0274. The summed E-state index contributed by atoms with van der Waals surface area (Å²) in [6.45, 7) is 2.08. The SMILES string of the molecule is CCc1cc2c(=O)cc3ncnc-3c=2sn1C. The molecular formula is C12H11N3OS. The molecule has 0 spiro atoms. The highest BCUT2D eigenvalue weighted by molar-refractivity contribution is 7.04. The summed E-state index contributed by atoms with van der Waals surface area (Å²) in [5.41, 5.74) is 2.68. The highest BCUT2D eigenvalue weighted by Gasteiger charge is 2.12. The maximum atomic E-state index is 12.0. The van der Waals surface area contributed by atoms with Crippen molar-refractivity contribution in [2.24, 2.45) is 7.05 Å². The Hall–Kier alpha value is -1.75. The Balaban J connectivity index is 2.60. The molecule has 86 valence electrons. The zero-order valence-electron chi connectivity index (χ0n) is 9.60. The maximum absolute atomic E-state index is 12.0. The second kappa shape index (κ2) is 3.63. The van der Waals surface area contributed by atoms with Crippen LogP contribution in [0, 0.1) is 9.75 Å². The molecular weight excluding hydrogens is 234 g/mol. The Kier molecular flexibility index (Phi) is 2.22. The molecule has 0 radical (unpaired) electrons.